The number of hydrogen-bond acceptors (Lipinski definition) is 7. The van der Waals surface area contributed by atoms with E-state index < -0.39 is 53.9 Å². The summed E-state index contributed by atoms with van der Waals surface area (Å²) < 4.78 is 37.0. The first-order valence-electron chi connectivity index (χ1n) is 10.6. The van der Waals surface area contributed by atoms with Crippen LogP contribution in [0.4, 0.5) is 13.2 Å². The average Bonchev–Trinajstić information content (AvgIpc) is 2.82. The molecule has 0 bridgehead atoms. The summed E-state index contributed by atoms with van der Waals surface area (Å²) in [6.07, 6.45) is -4.66. The highest BCUT2D eigenvalue weighted by atomic mass is 19.4. The fourth-order valence-corrected chi connectivity index (χ4v) is 3.15. The van der Waals surface area contributed by atoms with E-state index in [-0.39, 0.29) is 13.1 Å². The minimum Gasteiger partial charge on any atom is -0.542 e. The Morgan fingerprint density at radius 2 is 1.84 bits per heavy atom. The maximum absolute atomic E-state index is 13.3. The number of rotatable bonds is 9. The SMILES string of the molecule is CC(=O)N[C@@H]1[C@@H]([NH3+])C=C(C(=O)O)O[C@H]1C(=O)N(CCN=[N+]=[N-])CCc1ccccc1.O=C([O-])C(F)(F)F. The van der Waals surface area contributed by atoms with Crippen molar-refractivity contribution >= 4 is 23.8 Å². The van der Waals surface area contributed by atoms with E-state index in [1.165, 1.54) is 17.9 Å². The Morgan fingerprint density at radius 1 is 1.24 bits per heavy atom. The van der Waals surface area contributed by atoms with Gasteiger partial charge in [-0.05, 0) is 17.5 Å². The number of benzene rings is 1. The highest BCUT2D eigenvalue weighted by Crippen LogP contribution is 2.19. The Morgan fingerprint density at radius 3 is 2.32 bits per heavy atom. The summed E-state index contributed by atoms with van der Waals surface area (Å²) in [6, 6.07) is 7.98. The lowest BCUT2D eigenvalue weighted by Gasteiger charge is -2.35. The van der Waals surface area contributed by atoms with Gasteiger partial charge in [0.2, 0.25) is 17.8 Å². The summed E-state index contributed by atoms with van der Waals surface area (Å²) in [5, 5.41) is 24.2. The van der Waals surface area contributed by atoms with Crippen LogP contribution < -0.4 is 16.2 Å². The summed E-state index contributed by atoms with van der Waals surface area (Å²) >= 11 is 0. The second-order valence-corrected chi connectivity index (χ2v) is 7.57. The van der Waals surface area contributed by atoms with Crippen LogP contribution in [0.3, 0.4) is 0 Å². The number of nitrogens with zero attached hydrogens (tertiary/aromatic N) is 4. The lowest BCUT2D eigenvalue weighted by molar-refractivity contribution is -0.414. The van der Waals surface area contributed by atoms with Crippen molar-refractivity contribution in [3.63, 3.8) is 0 Å². The largest absolute Gasteiger partial charge is 0.542 e. The second-order valence-electron chi connectivity index (χ2n) is 7.57. The van der Waals surface area contributed by atoms with Crippen LogP contribution in [0.5, 0.6) is 0 Å². The van der Waals surface area contributed by atoms with Crippen LogP contribution in [-0.4, -0.2) is 77.8 Å². The number of carbonyl (C=O) groups is 4. The minimum atomic E-state index is -5.19. The molecule has 0 aromatic heterocycles. The number of carboxylic acids is 2. The van der Waals surface area contributed by atoms with Gasteiger partial charge in [-0.2, -0.15) is 13.2 Å². The van der Waals surface area contributed by atoms with E-state index in [2.05, 4.69) is 21.1 Å². The number of quaternary nitrogens is 1. The highest BCUT2D eigenvalue weighted by molar-refractivity contribution is 5.88. The van der Waals surface area contributed by atoms with E-state index in [1.54, 1.807) is 0 Å². The van der Waals surface area contributed by atoms with Crippen molar-refractivity contribution in [3.8, 4) is 0 Å². The summed E-state index contributed by atoms with van der Waals surface area (Å²) in [6.45, 7) is 1.75. The molecule has 0 saturated heterocycles. The molecule has 0 saturated carbocycles. The molecule has 2 amide bonds. The number of nitrogens with one attached hydrogen (secondary N) is 1. The molecule has 0 spiro atoms. The van der Waals surface area contributed by atoms with Gasteiger partial charge < -0.3 is 35.7 Å². The summed E-state index contributed by atoms with van der Waals surface area (Å²) in [7, 11) is 0. The van der Waals surface area contributed by atoms with Crippen molar-refractivity contribution in [3.05, 3.63) is 58.2 Å². The number of carbonyl (C=O) groups excluding carboxylic acids is 3. The molecule has 0 radical (unpaired) electrons. The van der Waals surface area contributed by atoms with Crippen LogP contribution in [-0.2, 0) is 30.3 Å². The zero-order valence-corrected chi connectivity index (χ0v) is 19.6. The number of carboxylic acid groups (broad SMARTS) is 2. The first kappa shape index (κ1) is 30.7. The number of ether oxygens (including phenoxy) is 1. The van der Waals surface area contributed by atoms with E-state index >= 15 is 0 Å². The van der Waals surface area contributed by atoms with Gasteiger partial charge in [-0.3, -0.25) is 9.59 Å². The van der Waals surface area contributed by atoms with Gasteiger partial charge >= 0.3 is 12.1 Å². The third-order valence-electron chi connectivity index (χ3n) is 4.82. The number of hydrogen-bond donors (Lipinski definition) is 3. The zero-order chi connectivity index (χ0) is 28.2. The number of halogens is 3. The number of amides is 2. The van der Waals surface area contributed by atoms with Crippen molar-refractivity contribution < 1.29 is 53.0 Å². The molecule has 2 rings (SSSR count). The van der Waals surface area contributed by atoms with Crippen molar-refractivity contribution in [2.45, 2.75) is 37.7 Å². The molecule has 5 N–H and O–H groups in total. The van der Waals surface area contributed by atoms with Crippen molar-refractivity contribution in [1.29, 1.82) is 0 Å². The lowest BCUT2D eigenvalue weighted by atomic mass is 9.97. The van der Waals surface area contributed by atoms with Gasteiger partial charge in [-0.15, -0.1) is 0 Å². The van der Waals surface area contributed by atoms with Crippen LogP contribution in [0, 0.1) is 0 Å². The Hall–Kier alpha value is -4.30. The Labute approximate surface area is 208 Å². The maximum Gasteiger partial charge on any atom is 0.430 e. The molecule has 3 atom stereocenters. The predicted octanol–water partition coefficient (Wildman–Crippen LogP) is -0.851. The van der Waals surface area contributed by atoms with Gasteiger partial charge in [0.05, 0.1) is 0 Å². The molecule has 0 fully saturated rings. The summed E-state index contributed by atoms with van der Waals surface area (Å²) in [5.74, 6) is -5.64. The zero-order valence-electron chi connectivity index (χ0n) is 19.6. The number of aliphatic carboxylic acids is 2. The molecule has 1 aromatic rings. The summed E-state index contributed by atoms with van der Waals surface area (Å²) in [4.78, 5) is 49.2. The van der Waals surface area contributed by atoms with Crippen molar-refractivity contribution in [2.24, 2.45) is 5.11 Å². The molecule has 16 heteroatoms. The lowest BCUT2D eigenvalue weighted by Crippen LogP contribution is -2.74. The summed E-state index contributed by atoms with van der Waals surface area (Å²) in [5.41, 5.74) is 13.4. The van der Waals surface area contributed by atoms with Crippen molar-refractivity contribution in [2.75, 3.05) is 19.6 Å². The second kappa shape index (κ2) is 14.3. The monoisotopic (exact) mass is 530 g/mol. The molecule has 1 heterocycles. The van der Waals surface area contributed by atoms with Gasteiger partial charge in [-0.25, -0.2) is 4.79 Å². The first-order valence-corrected chi connectivity index (χ1v) is 10.6. The standard InChI is InChI=1S/C19H24N6O5.C2HF3O2/c1-12(26)23-16-14(20)11-15(19(28)29)30-17(16)18(27)25(10-8-22-24-21)9-7-13-5-3-2-4-6-13;3-2(4,5)1(6)7/h2-6,11,14,16-17H,7-10,20H2,1H3,(H,23,26)(H,28,29);(H,6,7)/t14-,16+,17+;/m0./s1. The predicted molar refractivity (Wildman–Crippen MR) is 117 cm³/mol. The number of alkyl halides is 3. The Bertz CT molecular complexity index is 1040. The van der Waals surface area contributed by atoms with Gasteiger partial charge in [0, 0.05) is 37.5 Å². The fraction of sp³-hybridized carbons (Fsp3) is 0.429. The number of azide groups is 1. The van der Waals surface area contributed by atoms with Crippen LogP contribution in [0.15, 0.2) is 47.3 Å². The fourth-order valence-electron chi connectivity index (χ4n) is 3.15. The quantitative estimate of drug-likeness (QED) is 0.209. The smallest absolute Gasteiger partial charge is 0.430 e. The molecule has 37 heavy (non-hydrogen) atoms. The molecular weight excluding hydrogens is 505 g/mol. The third kappa shape index (κ3) is 10.5. The topological polar surface area (TPSA) is 212 Å². The molecule has 13 nitrogen and oxygen atoms in total. The van der Waals surface area contributed by atoms with Gasteiger partial charge in [0.1, 0.15) is 18.1 Å². The third-order valence-corrected chi connectivity index (χ3v) is 4.82. The highest BCUT2D eigenvalue weighted by Gasteiger charge is 2.43. The molecule has 202 valence electrons. The Balaban J connectivity index is 0.000000856. The minimum absolute atomic E-state index is 0.0456. The molecule has 0 unspecified atom stereocenters. The van der Waals surface area contributed by atoms with E-state index in [0.717, 1.165) is 5.56 Å². The molecule has 1 aromatic carbocycles. The van der Waals surface area contributed by atoms with E-state index in [4.69, 9.17) is 20.2 Å². The molecule has 1 aliphatic rings. The van der Waals surface area contributed by atoms with Crippen LogP contribution >= 0.6 is 0 Å². The van der Waals surface area contributed by atoms with E-state index in [0.29, 0.717) is 13.0 Å². The molecule has 0 aliphatic carbocycles. The van der Waals surface area contributed by atoms with Gasteiger partial charge in [0.25, 0.3) is 5.91 Å². The van der Waals surface area contributed by atoms with Gasteiger partial charge in [0.15, 0.2) is 0 Å². The van der Waals surface area contributed by atoms with E-state index in [1.807, 2.05) is 30.3 Å². The normalized spacial score (nSPS) is 18.5. The average molecular weight is 530 g/mol. The maximum atomic E-state index is 13.3. The van der Waals surface area contributed by atoms with Gasteiger partial charge in [-0.1, -0.05) is 35.4 Å². The first-order chi connectivity index (χ1) is 17.3. The van der Waals surface area contributed by atoms with Crippen molar-refractivity contribution in [1.82, 2.24) is 10.2 Å². The molecular formula is C21H25F3N6O7. The Kier molecular flexibility index (Phi) is 11.9. The van der Waals surface area contributed by atoms with E-state index in [9.17, 15) is 32.7 Å². The van der Waals surface area contributed by atoms with Crippen LogP contribution in [0.1, 0.15) is 12.5 Å². The van der Waals surface area contributed by atoms with Crippen LogP contribution in [0.2, 0.25) is 0 Å². The molecule has 1 aliphatic heterocycles. The van der Waals surface area contributed by atoms with Crippen LogP contribution in [0.25, 0.3) is 10.4 Å².